The smallest absolute Gasteiger partial charge is 0.163 e. The van der Waals surface area contributed by atoms with Crippen LogP contribution in [0.4, 0.5) is 0 Å². The van der Waals surface area contributed by atoms with Crippen molar-refractivity contribution in [3.05, 3.63) is 47.0 Å². The highest BCUT2D eigenvalue weighted by Gasteiger charge is 2.07. The Morgan fingerprint density at radius 1 is 1.53 bits per heavy atom. The number of nitrogens with zero attached hydrogens (tertiary/aromatic N) is 3. The molecule has 17 heavy (non-hydrogen) atoms. The molecular formula is C12H12ClN3O. The van der Waals surface area contributed by atoms with E-state index in [0.717, 1.165) is 5.56 Å². The summed E-state index contributed by atoms with van der Waals surface area (Å²) in [4.78, 5) is 15.7. The first-order valence-corrected chi connectivity index (χ1v) is 5.65. The zero-order valence-corrected chi connectivity index (χ0v) is 10.2. The lowest BCUT2D eigenvalue weighted by molar-refractivity contribution is 0.0982. The van der Waals surface area contributed by atoms with Crippen molar-refractivity contribution in [3.8, 4) is 0 Å². The summed E-state index contributed by atoms with van der Waals surface area (Å²) in [6.07, 6.45) is 6.36. The van der Waals surface area contributed by atoms with Crippen LogP contribution in [0.15, 0.2) is 30.7 Å². The van der Waals surface area contributed by atoms with Crippen LogP contribution >= 0.6 is 11.6 Å². The molecule has 0 aromatic carbocycles. The van der Waals surface area contributed by atoms with Gasteiger partial charge in [-0.3, -0.25) is 9.48 Å². The van der Waals surface area contributed by atoms with Gasteiger partial charge in [-0.1, -0.05) is 11.6 Å². The van der Waals surface area contributed by atoms with E-state index in [2.05, 4.69) is 10.1 Å². The summed E-state index contributed by atoms with van der Waals surface area (Å²) in [7, 11) is 1.86. The van der Waals surface area contributed by atoms with Gasteiger partial charge in [-0.05, 0) is 24.1 Å². The lowest BCUT2D eigenvalue weighted by atomic mass is 10.1. The number of hydrogen-bond donors (Lipinski definition) is 0. The summed E-state index contributed by atoms with van der Waals surface area (Å²) < 4.78 is 1.73. The first-order chi connectivity index (χ1) is 8.15. The fourth-order valence-corrected chi connectivity index (χ4v) is 1.75. The highest BCUT2D eigenvalue weighted by atomic mass is 35.5. The highest BCUT2D eigenvalue weighted by molar-refractivity contribution is 6.29. The third-order valence-electron chi connectivity index (χ3n) is 2.45. The molecule has 2 rings (SSSR count). The van der Waals surface area contributed by atoms with Crippen molar-refractivity contribution >= 4 is 17.4 Å². The highest BCUT2D eigenvalue weighted by Crippen LogP contribution is 2.11. The number of pyridine rings is 1. The lowest BCUT2D eigenvalue weighted by Crippen LogP contribution is -2.01. The van der Waals surface area contributed by atoms with Crippen LogP contribution in [0.25, 0.3) is 0 Å². The van der Waals surface area contributed by atoms with Crippen molar-refractivity contribution in [3.63, 3.8) is 0 Å². The number of aryl methyl sites for hydroxylation is 2. The molecule has 5 heteroatoms. The predicted octanol–water partition coefficient (Wildman–Crippen LogP) is 2.28. The predicted molar refractivity (Wildman–Crippen MR) is 65.1 cm³/mol. The second kappa shape index (κ2) is 5.10. The molecule has 2 heterocycles. The zero-order valence-electron chi connectivity index (χ0n) is 9.43. The van der Waals surface area contributed by atoms with Crippen LogP contribution in [0.5, 0.6) is 0 Å². The number of Topliss-reactive ketones (excluding diaryl/α,β-unsaturated/α-hetero) is 1. The van der Waals surface area contributed by atoms with Crippen LogP contribution in [0.2, 0.25) is 5.15 Å². The molecule has 0 spiro atoms. The van der Waals surface area contributed by atoms with Crippen LogP contribution in [-0.4, -0.2) is 20.5 Å². The number of carbonyl (C=O) groups excluding carboxylic acids is 1. The van der Waals surface area contributed by atoms with Crippen molar-refractivity contribution in [1.82, 2.24) is 14.8 Å². The SMILES string of the molecule is Cn1cc(CCC(=O)c2ccnc(Cl)c2)cn1. The van der Waals surface area contributed by atoms with Crippen molar-refractivity contribution in [2.24, 2.45) is 7.05 Å². The molecule has 0 atom stereocenters. The normalized spacial score (nSPS) is 10.5. The molecule has 2 aromatic rings. The minimum Gasteiger partial charge on any atom is -0.294 e. The van der Waals surface area contributed by atoms with E-state index in [9.17, 15) is 4.79 Å². The third kappa shape index (κ3) is 3.14. The van der Waals surface area contributed by atoms with Crippen LogP contribution in [0.1, 0.15) is 22.3 Å². The van der Waals surface area contributed by atoms with Gasteiger partial charge in [0.05, 0.1) is 6.20 Å². The molecule has 2 aromatic heterocycles. The maximum absolute atomic E-state index is 11.9. The first kappa shape index (κ1) is 11.8. The molecule has 0 aliphatic carbocycles. The topological polar surface area (TPSA) is 47.8 Å². The quantitative estimate of drug-likeness (QED) is 0.617. The van der Waals surface area contributed by atoms with E-state index in [1.807, 2.05) is 13.2 Å². The van der Waals surface area contributed by atoms with Gasteiger partial charge in [-0.25, -0.2) is 4.98 Å². The lowest BCUT2D eigenvalue weighted by Gasteiger charge is -1.99. The fraction of sp³-hybridized carbons (Fsp3) is 0.250. The van der Waals surface area contributed by atoms with Gasteiger partial charge >= 0.3 is 0 Å². The van der Waals surface area contributed by atoms with E-state index in [1.165, 1.54) is 0 Å². The maximum Gasteiger partial charge on any atom is 0.163 e. The van der Waals surface area contributed by atoms with Gasteiger partial charge in [0.15, 0.2) is 5.78 Å². The van der Waals surface area contributed by atoms with Crippen LogP contribution in [0, 0.1) is 0 Å². The first-order valence-electron chi connectivity index (χ1n) is 5.27. The van der Waals surface area contributed by atoms with E-state index in [4.69, 9.17) is 11.6 Å². The average Bonchev–Trinajstić information content (AvgIpc) is 2.72. The number of ketones is 1. The number of carbonyl (C=O) groups is 1. The molecule has 0 unspecified atom stereocenters. The van der Waals surface area contributed by atoms with E-state index < -0.39 is 0 Å². The Kier molecular flexibility index (Phi) is 3.54. The van der Waals surface area contributed by atoms with Crippen molar-refractivity contribution in [2.45, 2.75) is 12.8 Å². The van der Waals surface area contributed by atoms with Gasteiger partial charge in [-0.2, -0.15) is 5.10 Å². The molecule has 4 nitrogen and oxygen atoms in total. The number of hydrogen-bond acceptors (Lipinski definition) is 3. The molecule has 0 aliphatic rings. The Morgan fingerprint density at radius 2 is 2.35 bits per heavy atom. The van der Waals surface area contributed by atoms with Crippen molar-refractivity contribution in [2.75, 3.05) is 0 Å². The summed E-state index contributed by atoms with van der Waals surface area (Å²) in [5.41, 5.74) is 1.66. The molecule has 0 N–H and O–H groups in total. The molecule has 0 radical (unpaired) electrons. The second-order valence-electron chi connectivity index (χ2n) is 3.81. The summed E-state index contributed by atoms with van der Waals surface area (Å²) in [6, 6.07) is 3.27. The third-order valence-corrected chi connectivity index (χ3v) is 2.65. The molecule has 0 aliphatic heterocycles. The van der Waals surface area contributed by atoms with Crippen LogP contribution < -0.4 is 0 Å². The van der Waals surface area contributed by atoms with Gasteiger partial charge in [0.1, 0.15) is 5.15 Å². The molecule has 0 fully saturated rings. The number of aromatic nitrogens is 3. The van der Waals surface area contributed by atoms with Gasteiger partial charge < -0.3 is 0 Å². The molecule has 0 saturated heterocycles. The Morgan fingerprint density at radius 3 is 3.00 bits per heavy atom. The summed E-state index contributed by atoms with van der Waals surface area (Å²) in [5, 5.41) is 4.40. The average molecular weight is 250 g/mol. The van der Waals surface area contributed by atoms with E-state index >= 15 is 0 Å². The second-order valence-corrected chi connectivity index (χ2v) is 4.20. The zero-order chi connectivity index (χ0) is 12.3. The minimum absolute atomic E-state index is 0.0677. The fourth-order valence-electron chi connectivity index (χ4n) is 1.58. The molecule has 0 saturated carbocycles. The van der Waals surface area contributed by atoms with Gasteiger partial charge in [0.2, 0.25) is 0 Å². The Labute approximate surface area is 104 Å². The molecule has 88 valence electrons. The Bertz CT molecular complexity index is 536. The number of halogens is 1. The van der Waals surface area contributed by atoms with Gasteiger partial charge in [0, 0.05) is 31.4 Å². The molecule has 0 bridgehead atoms. The van der Waals surface area contributed by atoms with Gasteiger partial charge in [-0.15, -0.1) is 0 Å². The molecule has 0 amide bonds. The largest absolute Gasteiger partial charge is 0.294 e. The van der Waals surface area contributed by atoms with E-state index in [1.54, 1.807) is 29.2 Å². The Hall–Kier alpha value is -1.68. The minimum atomic E-state index is 0.0677. The van der Waals surface area contributed by atoms with Gasteiger partial charge in [0.25, 0.3) is 0 Å². The maximum atomic E-state index is 11.9. The van der Waals surface area contributed by atoms with E-state index in [-0.39, 0.29) is 5.78 Å². The standard InChI is InChI=1S/C12H12ClN3O/c1-16-8-9(7-15-16)2-3-11(17)10-4-5-14-12(13)6-10/h4-8H,2-3H2,1H3. The van der Waals surface area contributed by atoms with E-state index in [0.29, 0.717) is 23.6 Å². The summed E-state index contributed by atoms with van der Waals surface area (Å²) in [5.74, 6) is 0.0677. The van der Waals surface area contributed by atoms with Crippen LogP contribution in [-0.2, 0) is 13.5 Å². The van der Waals surface area contributed by atoms with Crippen LogP contribution in [0.3, 0.4) is 0 Å². The summed E-state index contributed by atoms with van der Waals surface area (Å²) >= 11 is 5.73. The Balaban J connectivity index is 1.98. The summed E-state index contributed by atoms with van der Waals surface area (Å²) in [6.45, 7) is 0. The van der Waals surface area contributed by atoms with Crippen molar-refractivity contribution < 1.29 is 4.79 Å². The monoisotopic (exact) mass is 249 g/mol. The molecular weight excluding hydrogens is 238 g/mol. The number of rotatable bonds is 4. The van der Waals surface area contributed by atoms with Crippen molar-refractivity contribution in [1.29, 1.82) is 0 Å².